The number of benzene rings is 3. The quantitative estimate of drug-likeness (QED) is 0.383. The molecule has 4 rings (SSSR count). The second-order valence-electron chi connectivity index (χ2n) is 6.42. The Hall–Kier alpha value is -3.93. The van der Waals surface area contributed by atoms with Crippen molar-refractivity contribution in [3.05, 3.63) is 90.5 Å². The molecule has 0 unspecified atom stereocenters. The maximum Gasteiger partial charge on any atom is 0.233 e. The summed E-state index contributed by atoms with van der Waals surface area (Å²) < 4.78 is 0. The van der Waals surface area contributed by atoms with Crippen molar-refractivity contribution >= 4 is 34.9 Å². The molecule has 4 aromatic rings. The number of nitrogens with one attached hydrogen (secondary N) is 3. The van der Waals surface area contributed by atoms with Crippen LogP contribution in [-0.2, 0) is 6.42 Å². The average Bonchev–Trinajstić information content (AvgIpc) is 2.75. The lowest BCUT2D eigenvalue weighted by atomic mass is 10.1. The van der Waals surface area contributed by atoms with Crippen molar-refractivity contribution in [1.82, 2.24) is 15.0 Å². The zero-order valence-electron chi connectivity index (χ0n) is 16.1. The minimum atomic E-state index is 0.459. The lowest BCUT2D eigenvalue weighted by Gasteiger charge is -2.13. The van der Waals surface area contributed by atoms with E-state index >= 15 is 0 Å². The molecule has 0 aliphatic rings. The number of rotatable bonds is 7. The Morgan fingerprint density at radius 3 is 1.52 bits per heavy atom. The smallest absolute Gasteiger partial charge is 0.233 e. The summed E-state index contributed by atoms with van der Waals surface area (Å²) in [5.41, 5.74) is 3.99. The van der Waals surface area contributed by atoms with Crippen LogP contribution in [0.3, 0.4) is 0 Å². The van der Waals surface area contributed by atoms with Crippen LogP contribution in [0.15, 0.2) is 84.9 Å². The summed E-state index contributed by atoms with van der Waals surface area (Å²) in [6.45, 7) is 2.12. The van der Waals surface area contributed by atoms with Gasteiger partial charge in [-0.05, 0) is 42.3 Å². The molecular formula is C23H22N6. The molecule has 6 heteroatoms. The van der Waals surface area contributed by atoms with Crippen molar-refractivity contribution in [2.45, 2.75) is 13.3 Å². The number of aromatic nitrogens is 3. The molecule has 3 N–H and O–H groups in total. The van der Waals surface area contributed by atoms with E-state index < -0.39 is 0 Å². The minimum absolute atomic E-state index is 0.459. The molecule has 0 saturated carbocycles. The van der Waals surface area contributed by atoms with E-state index in [0.717, 1.165) is 23.5 Å². The van der Waals surface area contributed by atoms with Crippen molar-refractivity contribution in [3.8, 4) is 0 Å². The number of hydrogen-bond acceptors (Lipinski definition) is 6. The highest BCUT2D eigenvalue weighted by Crippen LogP contribution is 2.23. The number of para-hydroxylation sites is 3. The third-order valence-corrected chi connectivity index (χ3v) is 4.34. The third kappa shape index (κ3) is 4.87. The molecule has 29 heavy (non-hydrogen) atoms. The monoisotopic (exact) mass is 382 g/mol. The Morgan fingerprint density at radius 1 is 0.552 bits per heavy atom. The lowest BCUT2D eigenvalue weighted by Crippen LogP contribution is -2.08. The summed E-state index contributed by atoms with van der Waals surface area (Å²) in [7, 11) is 0. The van der Waals surface area contributed by atoms with Crippen LogP contribution >= 0.6 is 0 Å². The van der Waals surface area contributed by atoms with Crippen LogP contribution < -0.4 is 16.0 Å². The number of hydrogen-bond donors (Lipinski definition) is 3. The van der Waals surface area contributed by atoms with E-state index in [2.05, 4.69) is 43.9 Å². The topological polar surface area (TPSA) is 74.8 Å². The van der Waals surface area contributed by atoms with E-state index in [1.165, 1.54) is 5.56 Å². The highest BCUT2D eigenvalue weighted by Gasteiger charge is 2.09. The van der Waals surface area contributed by atoms with Crippen LogP contribution in [0.4, 0.5) is 34.9 Å². The second-order valence-corrected chi connectivity index (χ2v) is 6.42. The summed E-state index contributed by atoms with van der Waals surface area (Å²) in [5.74, 6) is 1.39. The zero-order chi connectivity index (χ0) is 19.9. The Kier molecular flexibility index (Phi) is 5.62. The molecule has 0 aliphatic heterocycles. The molecule has 0 amide bonds. The summed E-state index contributed by atoms with van der Waals surface area (Å²) in [6, 6.07) is 27.8. The largest absolute Gasteiger partial charge is 0.324 e. The van der Waals surface area contributed by atoms with E-state index in [0.29, 0.717) is 17.8 Å². The van der Waals surface area contributed by atoms with Crippen LogP contribution in [-0.4, -0.2) is 15.0 Å². The molecule has 1 heterocycles. The predicted molar refractivity (Wildman–Crippen MR) is 118 cm³/mol. The Balaban J connectivity index is 1.67. The molecule has 1 aromatic heterocycles. The van der Waals surface area contributed by atoms with Gasteiger partial charge in [0.25, 0.3) is 0 Å². The SMILES string of the molecule is CCc1ccccc1Nc1nc(Nc2ccccc2)nc(Nc2ccccc2)n1. The number of nitrogens with zero attached hydrogens (tertiary/aromatic N) is 3. The fraction of sp³-hybridized carbons (Fsp3) is 0.0870. The third-order valence-electron chi connectivity index (χ3n) is 4.34. The average molecular weight is 382 g/mol. The van der Waals surface area contributed by atoms with E-state index in [1.807, 2.05) is 78.9 Å². The minimum Gasteiger partial charge on any atom is -0.324 e. The highest BCUT2D eigenvalue weighted by molar-refractivity contribution is 5.63. The molecule has 0 spiro atoms. The van der Waals surface area contributed by atoms with Crippen LogP contribution in [0.5, 0.6) is 0 Å². The van der Waals surface area contributed by atoms with Crippen LogP contribution in [0, 0.1) is 0 Å². The van der Waals surface area contributed by atoms with Gasteiger partial charge in [0.1, 0.15) is 0 Å². The van der Waals surface area contributed by atoms with Gasteiger partial charge < -0.3 is 16.0 Å². The van der Waals surface area contributed by atoms with E-state index in [-0.39, 0.29) is 0 Å². The zero-order valence-corrected chi connectivity index (χ0v) is 16.1. The van der Waals surface area contributed by atoms with Gasteiger partial charge in [-0.25, -0.2) is 0 Å². The summed E-state index contributed by atoms with van der Waals surface area (Å²) in [5, 5.41) is 9.82. The van der Waals surface area contributed by atoms with Crippen LogP contribution in [0.2, 0.25) is 0 Å². The molecule has 0 aliphatic carbocycles. The second kappa shape index (κ2) is 8.84. The van der Waals surface area contributed by atoms with Gasteiger partial charge in [-0.15, -0.1) is 0 Å². The van der Waals surface area contributed by atoms with Crippen molar-refractivity contribution in [2.75, 3.05) is 16.0 Å². The van der Waals surface area contributed by atoms with Gasteiger partial charge in [0.05, 0.1) is 0 Å². The first-order valence-corrected chi connectivity index (χ1v) is 9.55. The number of aryl methyl sites for hydroxylation is 1. The molecule has 0 saturated heterocycles. The maximum atomic E-state index is 4.56. The van der Waals surface area contributed by atoms with Gasteiger partial charge in [-0.3, -0.25) is 0 Å². The van der Waals surface area contributed by atoms with Crippen molar-refractivity contribution in [2.24, 2.45) is 0 Å². The predicted octanol–water partition coefficient (Wildman–Crippen LogP) is 5.66. The Labute approximate surface area is 170 Å². The van der Waals surface area contributed by atoms with Crippen molar-refractivity contribution in [3.63, 3.8) is 0 Å². The standard InChI is InChI=1S/C23H22N6/c1-2-17-11-9-10-16-20(17)26-23-28-21(24-18-12-5-3-6-13-18)27-22(29-23)25-19-14-7-4-8-15-19/h3-16H,2H2,1H3,(H3,24,25,26,27,28,29). The van der Waals surface area contributed by atoms with Gasteiger partial charge >= 0.3 is 0 Å². The molecule has 0 atom stereocenters. The molecule has 3 aromatic carbocycles. The van der Waals surface area contributed by atoms with E-state index in [4.69, 9.17) is 0 Å². The van der Waals surface area contributed by atoms with Crippen LogP contribution in [0.1, 0.15) is 12.5 Å². The first-order chi connectivity index (χ1) is 14.3. The summed E-state index contributed by atoms with van der Waals surface area (Å²) >= 11 is 0. The van der Waals surface area contributed by atoms with E-state index in [1.54, 1.807) is 0 Å². The van der Waals surface area contributed by atoms with Crippen molar-refractivity contribution < 1.29 is 0 Å². The van der Waals surface area contributed by atoms with Gasteiger partial charge in [0.2, 0.25) is 17.8 Å². The highest BCUT2D eigenvalue weighted by atomic mass is 15.3. The van der Waals surface area contributed by atoms with Gasteiger partial charge in [0, 0.05) is 17.1 Å². The summed E-state index contributed by atoms with van der Waals surface area (Å²) in [4.78, 5) is 13.6. The molecule has 6 nitrogen and oxygen atoms in total. The van der Waals surface area contributed by atoms with Crippen LogP contribution in [0.25, 0.3) is 0 Å². The van der Waals surface area contributed by atoms with Gasteiger partial charge in [-0.1, -0.05) is 61.5 Å². The first-order valence-electron chi connectivity index (χ1n) is 9.55. The fourth-order valence-corrected chi connectivity index (χ4v) is 2.92. The molecular weight excluding hydrogens is 360 g/mol. The fourth-order valence-electron chi connectivity index (χ4n) is 2.92. The molecule has 0 radical (unpaired) electrons. The Morgan fingerprint density at radius 2 is 1.00 bits per heavy atom. The normalized spacial score (nSPS) is 10.4. The van der Waals surface area contributed by atoms with E-state index in [9.17, 15) is 0 Å². The van der Waals surface area contributed by atoms with Crippen molar-refractivity contribution in [1.29, 1.82) is 0 Å². The maximum absolute atomic E-state index is 4.56. The molecule has 0 bridgehead atoms. The number of anilines is 6. The molecule has 144 valence electrons. The van der Waals surface area contributed by atoms with Gasteiger partial charge in [-0.2, -0.15) is 15.0 Å². The Bertz CT molecular complexity index is 1010. The van der Waals surface area contributed by atoms with Gasteiger partial charge in [0.15, 0.2) is 0 Å². The molecule has 0 fully saturated rings. The summed E-state index contributed by atoms with van der Waals surface area (Å²) in [6.07, 6.45) is 0.915. The lowest BCUT2D eigenvalue weighted by molar-refractivity contribution is 1.06. The first kappa shape index (κ1) is 18.4.